The molecule has 1 aliphatic heterocycles. The normalized spacial score (nSPS) is 25.9. The molecular weight excluding hydrogens is 168 g/mol. The maximum atomic E-state index is 10.9. The number of aliphatic carboxylic acids is 1. The van der Waals surface area contributed by atoms with E-state index in [9.17, 15) is 4.79 Å². The van der Waals surface area contributed by atoms with Crippen LogP contribution < -0.4 is 5.32 Å². The Morgan fingerprint density at radius 1 is 1.54 bits per heavy atom. The molecule has 0 saturated carbocycles. The van der Waals surface area contributed by atoms with Crippen LogP contribution in [0, 0.1) is 0 Å². The van der Waals surface area contributed by atoms with Crippen molar-refractivity contribution in [3.63, 3.8) is 0 Å². The van der Waals surface area contributed by atoms with Crippen molar-refractivity contribution in [2.75, 3.05) is 19.6 Å². The van der Waals surface area contributed by atoms with E-state index in [-0.39, 0.29) is 11.6 Å². The van der Waals surface area contributed by atoms with Crippen LogP contribution in [-0.4, -0.2) is 47.2 Å². The number of carboxylic acids is 1. The summed E-state index contributed by atoms with van der Waals surface area (Å²) >= 11 is 0. The molecule has 0 unspecified atom stereocenters. The zero-order valence-corrected chi connectivity index (χ0v) is 8.50. The molecule has 0 radical (unpaired) electrons. The number of nitrogens with zero attached hydrogens (tertiary/aromatic N) is 1. The quantitative estimate of drug-likeness (QED) is 0.612. The van der Waals surface area contributed by atoms with Gasteiger partial charge in [-0.25, -0.2) is 0 Å². The molecule has 1 rings (SSSR count). The van der Waals surface area contributed by atoms with Gasteiger partial charge >= 0.3 is 5.97 Å². The second-order valence-electron chi connectivity index (χ2n) is 4.42. The van der Waals surface area contributed by atoms with Crippen LogP contribution in [0.4, 0.5) is 0 Å². The van der Waals surface area contributed by atoms with Gasteiger partial charge in [0.1, 0.15) is 6.04 Å². The van der Waals surface area contributed by atoms with Crippen LogP contribution >= 0.6 is 0 Å². The first-order valence-corrected chi connectivity index (χ1v) is 4.63. The second kappa shape index (κ2) is 3.64. The van der Waals surface area contributed by atoms with Gasteiger partial charge < -0.3 is 10.4 Å². The minimum absolute atomic E-state index is 0.0643. The predicted octanol–water partition coefficient (Wildman–Crippen LogP) is 0.143. The summed E-state index contributed by atoms with van der Waals surface area (Å²) in [5.41, 5.74) is -0.0643. The summed E-state index contributed by atoms with van der Waals surface area (Å²) in [5, 5.41) is 12.1. The summed E-state index contributed by atoms with van der Waals surface area (Å²) < 4.78 is 0. The van der Waals surface area contributed by atoms with E-state index < -0.39 is 5.97 Å². The smallest absolute Gasteiger partial charge is 0.322 e. The Balaban J connectivity index is 2.73. The molecule has 1 heterocycles. The molecule has 0 aromatic carbocycles. The van der Waals surface area contributed by atoms with E-state index in [4.69, 9.17) is 5.11 Å². The highest BCUT2D eigenvalue weighted by atomic mass is 16.4. The van der Waals surface area contributed by atoms with Crippen LogP contribution in [0.25, 0.3) is 0 Å². The lowest BCUT2D eigenvalue weighted by atomic mass is 10.0. The molecule has 4 nitrogen and oxygen atoms in total. The summed E-state index contributed by atoms with van der Waals surface area (Å²) in [5.74, 6) is -0.734. The fourth-order valence-electron chi connectivity index (χ4n) is 1.73. The largest absolute Gasteiger partial charge is 0.480 e. The molecule has 4 heteroatoms. The lowest BCUT2D eigenvalue weighted by Gasteiger charge is -2.42. The molecule has 1 aliphatic rings. The van der Waals surface area contributed by atoms with Gasteiger partial charge in [-0.05, 0) is 20.8 Å². The van der Waals surface area contributed by atoms with E-state index in [1.54, 1.807) is 0 Å². The molecule has 0 spiro atoms. The van der Waals surface area contributed by atoms with Gasteiger partial charge in [-0.3, -0.25) is 9.69 Å². The number of carboxylic acid groups (broad SMARTS) is 1. The highest BCUT2D eigenvalue weighted by molar-refractivity contribution is 5.74. The minimum atomic E-state index is -0.734. The maximum Gasteiger partial charge on any atom is 0.322 e. The van der Waals surface area contributed by atoms with Crippen molar-refractivity contribution in [2.45, 2.75) is 32.4 Å². The summed E-state index contributed by atoms with van der Waals surface area (Å²) in [6.45, 7) is 8.38. The predicted molar refractivity (Wildman–Crippen MR) is 50.8 cm³/mol. The van der Waals surface area contributed by atoms with E-state index in [2.05, 4.69) is 5.32 Å². The van der Waals surface area contributed by atoms with Gasteiger partial charge in [0.05, 0.1) is 0 Å². The van der Waals surface area contributed by atoms with E-state index in [1.165, 1.54) is 0 Å². The average Bonchev–Trinajstić information content (AvgIpc) is 2.03. The summed E-state index contributed by atoms with van der Waals surface area (Å²) in [6, 6.07) is -0.381. The number of hydrogen-bond acceptors (Lipinski definition) is 3. The third-order valence-electron chi connectivity index (χ3n) is 2.39. The van der Waals surface area contributed by atoms with E-state index >= 15 is 0 Å². The van der Waals surface area contributed by atoms with E-state index in [1.807, 2.05) is 25.7 Å². The van der Waals surface area contributed by atoms with E-state index in [0.29, 0.717) is 6.54 Å². The van der Waals surface area contributed by atoms with Gasteiger partial charge in [-0.15, -0.1) is 0 Å². The molecule has 0 aliphatic carbocycles. The van der Waals surface area contributed by atoms with Crippen molar-refractivity contribution < 1.29 is 9.90 Å². The molecule has 0 bridgehead atoms. The lowest BCUT2D eigenvalue weighted by Crippen LogP contribution is -2.60. The third kappa shape index (κ3) is 2.42. The molecule has 0 amide bonds. The average molecular weight is 186 g/mol. The molecule has 76 valence electrons. The van der Waals surface area contributed by atoms with Gasteiger partial charge in [-0.2, -0.15) is 0 Å². The first-order valence-electron chi connectivity index (χ1n) is 4.63. The van der Waals surface area contributed by atoms with Gasteiger partial charge in [0.15, 0.2) is 0 Å². The highest BCUT2D eigenvalue weighted by Crippen LogP contribution is 2.18. The number of nitrogens with one attached hydrogen (secondary N) is 1. The van der Waals surface area contributed by atoms with Crippen LogP contribution in [0.15, 0.2) is 0 Å². The Labute approximate surface area is 78.9 Å². The molecule has 0 aromatic heterocycles. The van der Waals surface area contributed by atoms with Crippen molar-refractivity contribution in [1.29, 1.82) is 0 Å². The number of carbonyl (C=O) groups is 1. The van der Waals surface area contributed by atoms with Gasteiger partial charge in [0.2, 0.25) is 0 Å². The number of piperazine rings is 1. The second-order valence-corrected chi connectivity index (χ2v) is 4.42. The Hall–Kier alpha value is -0.610. The Kier molecular flexibility index (Phi) is 2.93. The Bertz CT molecular complexity index is 198. The minimum Gasteiger partial charge on any atom is -0.480 e. The fourth-order valence-corrected chi connectivity index (χ4v) is 1.73. The first kappa shape index (κ1) is 10.5. The molecule has 1 saturated heterocycles. The summed E-state index contributed by atoms with van der Waals surface area (Å²) in [6.07, 6.45) is 0. The highest BCUT2D eigenvalue weighted by Gasteiger charge is 2.35. The standard InChI is InChI=1S/C9H18N2O2/c1-9(2,3)11-5-4-10-6-7(11)8(12)13/h7,10H,4-6H2,1-3H3,(H,12,13)/t7-/m0/s1. The van der Waals surface area contributed by atoms with Crippen molar-refractivity contribution in [3.05, 3.63) is 0 Å². The fraction of sp³-hybridized carbons (Fsp3) is 0.889. The van der Waals surface area contributed by atoms with Crippen LogP contribution in [0.5, 0.6) is 0 Å². The zero-order chi connectivity index (χ0) is 10.1. The van der Waals surface area contributed by atoms with Crippen LogP contribution in [0.1, 0.15) is 20.8 Å². The molecule has 13 heavy (non-hydrogen) atoms. The van der Waals surface area contributed by atoms with E-state index in [0.717, 1.165) is 13.1 Å². The monoisotopic (exact) mass is 186 g/mol. The lowest BCUT2D eigenvalue weighted by molar-refractivity contribution is -0.146. The molecule has 1 atom stereocenters. The Morgan fingerprint density at radius 3 is 2.54 bits per heavy atom. The van der Waals surface area contributed by atoms with Gasteiger partial charge in [-0.1, -0.05) is 0 Å². The van der Waals surface area contributed by atoms with Crippen molar-refractivity contribution in [2.24, 2.45) is 0 Å². The van der Waals surface area contributed by atoms with Crippen LogP contribution in [-0.2, 0) is 4.79 Å². The first-order chi connectivity index (χ1) is 5.93. The third-order valence-corrected chi connectivity index (χ3v) is 2.39. The summed E-state index contributed by atoms with van der Waals surface area (Å²) in [7, 11) is 0. The van der Waals surface area contributed by atoms with Crippen LogP contribution in [0.3, 0.4) is 0 Å². The SMILES string of the molecule is CC(C)(C)N1CCNC[C@H]1C(=O)O. The topological polar surface area (TPSA) is 52.6 Å². The number of hydrogen-bond donors (Lipinski definition) is 2. The van der Waals surface area contributed by atoms with Crippen molar-refractivity contribution in [3.8, 4) is 0 Å². The Morgan fingerprint density at radius 2 is 2.15 bits per heavy atom. The molecule has 2 N–H and O–H groups in total. The summed E-state index contributed by atoms with van der Waals surface area (Å²) in [4.78, 5) is 13.0. The van der Waals surface area contributed by atoms with Gasteiger partial charge in [0, 0.05) is 25.2 Å². The number of rotatable bonds is 1. The van der Waals surface area contributed by atoms with Crippen LogP contribution in [0.2, 0.25) is 0 Å². The van der Waals surface area contributed by atoms with Crippen molar-refractivity contribution >= 4 is 5.97 Å². The maximum absolute atomic E-state index is 10.9. The zero-order valence-electron chi connectivity index (χ0n) is 8.50. The molecule has 1 fully saturated rings. The molecule has 0 aromatic rings. The van der Waals surface area contributed by atoms with Crippen molar-refractivity contribution in [1.82, 2.24) is 10.2 Å². The molecular formula is C9H18N2O2. The van der Waals surface area contributed by atoms with Gasteiger partial charge in [0.25, 0.3) is 0 Å².